The van der Waals surface area contributed by atoms with E-state index < -0.39 is 0 Å². The highest BCUT2D eigenvalue weighted by atomic mass is 16.5. The van der Waals surface area contributed by atoms with Crippen molar-refractivity contribution in [2.45, 2.75) is 39.5 Å². The van der Waals surface area contributed by atoms with Gasteiger partial charge in [0.05, 0.1) is 5.92 Å². The lowest BCUT2D eigenvalue weighted by molar-refractivity contribution is -0.156. The van der Waals surface area contributed by atoms with Crippen molar-refractivity contribution in [2.75, 3.05) is 6.61 Å². The van der Waals surface area contributed by atoms with Crippen molar-refractivity contribution >= 4 is 5.97 Å². The Balaban J connectivity index is 1.92. The maximum atomic E-state index is 12.1. The second-order valence-corrected chi connectivity index (χ2v) is 7.02. The zero-order valence-electron chi connectivity index (χ0n) is 10.7. The SMILES string of the molecule is CC1(C)C2CC=C3COC(=O)C4CCC1C34C2. The molecule has 4 atom stereocenters. The Morgan fingerprint density at radius 1 is 1.35 bits per heavy atom. The lowest BCUT2D eigenvalue weighted by atomic mass is 9.64. The molecule has 0 aromatic carbocycles. The van der Waals surface area contributed by atoms with Gasteiger partial charge in [-0.15, -0.1) is 0 Å². The lowest BCUT2D eigenvalue weighted by Gasteiger charge is -2.43. The van der Waals surface area contributed by atoms with Gasteiger partial charge in [0.1, 0.15) is 6.61 Å². The van der Waals surface area contributed by atoms with Crippen molar-refractivity contribution in [2.24, 2.45) is 28.6 Å². The summed E-state index contributed by atoms with van der Waals surface area (Å²) in [7, 11) is 0. The van der Waals surface area contributed by atoms with Gasteiger partial charge in [0.15, 0.2) is 0 Å². The van der Waals surface area contributed by atoms with Crippen LogP contribution in [-0.4, -0.2) is 12.6 Å². The van der Waals surface area contributed by atoms with Crippen molar-refractivity contribution in [3.8, 4) is 0 Å². The van der Waals surface area contributed by atoms with Crippen molar-refractivity contribution in [1.29, 1.82) is 0 Å². The normalized spacial score (nSPS) is 49.6. The number of hydrogen-bond acceptors (Lipinski definition) is 2. The smallest absolute Gasteiger partial charge is 0.310 e. The molecule has 1 heterocycles. The lowest BCUT2D eigenvalue weighted by Crippen LogP contribution is -2.44. The molecule has 92 valence electrons. The van der Waals surface area contributed by atoms with E-state index in [9.17, 15) is 4.79 Å². The predicted octanol–water partition coefficient (Wildman–Crippen LogP) is 2.93. The summed E-state index contributed by atoms with van der Waals surface area (Å²) in [4.78, 5) is 12.1. The molecule has 2 heteroatoms. The van der Waals surface area contributed by atoms with Crippen LogP contribution in [0.2, 0.25) is 0 Å². The van der Waals surface area contributed by atoms with Crippen LogP contribution in [0.15, 0.2) is 11.6 Å². The van der Waals surface area contributed by atoms with Crippen LogP contribution in [0.4, 0.5) is 0 Å². The minimum Gasteiger partial charge on any atom is -0.461 e. The van der Waals surface area contributed by atoms with Crippen LogP contribution in [0.3, 0.4) is 0 Å². The van der Waals surface area contributed by atoms with E-state index in [0.29, 0.717) is 17.9 Å². The molecule has 3 fully saturated rings. The van der Waals surface area contributed by atoms with Gasteiger partial charge >= 0.3 is 5.97 Å². The van der Waals surface area contributed by atoms with Crippen molar-refractivity contribution in [1.82, 2.24) is 0 Å². The summed E-state index contributed by atoms with van der Waals surface area (Å²) in [6, 6.07) is 0. The molecule has 3 aliphatic carbocycles. The van der Waals surface area contributed by atoms with Gasteiger partial charge in [0.2, 0.25) is 0 Å². The number of hydrogen-bond donors (Lipinski definition) is 0. The Labute approximate surface area is 102 Å². The molecule has 1 aliphatic heterocycles. The second kappa shape index (κ2) is 2.78. The van der Waals surface area contributed by atoms with E-state index in [1.807, 2.05) is 0 Å². The first-order valence-electron chi connectivity index (χ1n) is 6.93. The first-order valence-corrected chi connectivity index (χ1v) is 6.93. The second-order valence-electron chi connectivity index (χ2n) is 7.02. The number of rotatable bonds is 0. The largest absolute Gasteiger partial charge is 0.461 e. The van der Waals surface area contributed by atoms with E-state index in [4.69, 9.17) is 4.74 Å². The molecule has 0 amide bonds. The van der Waals surface area contributed by atoms with Gasteiger partial charge < -0.3 is 4.74 Å². The van der Waals surface area contributed by atoms with E-state index in [1.54, 1.807) is 0 Å². The third kappa shape index (κ3) is 0.937. The number of carbonyl (C=O) groups excluding carboxylic acids is 1. The average Bonchev–Trinajstić information content (AvgIpc) is 2.74. The molecule has 2 nitrogen and oxygen atoms in total. The number of carbonyl (C=O) groups is 1. The minimum absolute atomic E-state index is 0.0861. The molecule has 0 N–H and O–H groups in total. The Morgan fingerprint density at radius 3 is 3.00 bits per heavy atom. The van der Waals surface area contributed by atoms with E-state index >= 15 is 0 Å². The molecule has 0 aromatic rings. The van der Waals surface area contributed by atoms with Gasteiger partial charge in [-0.2, -0.15) is 0 Å². The van der Waals surface area contributed by atoms with Crippen LogP contribution >= 0.6 is 0 Å². The van der Waals surface area contributed by atoms with Gasteiger partial charge in [0.25, 0.3) is 0 Å². The van der Waals surface area contributed by atoms with Crippen molar-refractivity contribution in [3.63, 3.8) is 0 Å². The Morgan fingerprint density at radius 2 is 2.18 bits per heavy atom. The Kier molecular flexibility index (Phi) is 1.66. The molecule has 4 rings (SSSR count). The topological polar surface area (TPSA) is 26.3 Å². The molecular weight excluding hydrogens is 212 g/mol. The molecule has 4 unspecified atom stereocenters. The minimum atomic E-state index is 0.0861. The molecule has 1 saturated heterocycles. The van der Waals surface area contributed by atoms with Gasteiger partial charge in [-0.3, -0.25) is 4.79 Å². The zero-order valence-corrected chi connectivity index (χ0v) is 10.7. The van der Waals surface area contributed by atoms with Gasteiger partial charge in [-0.1, -0.05) is 19.9 Å². The monoisotopic (exact) mass is 232 g/mol. The molecule has 2 saturated carbocycles. The van der Waals surface area contributed by atoms with Crippen molar-refractivity contribution in [3.05, 3.63) is 11.6 Å². The summed E-state index contributed by atoms with van der Waals surface area (Å²) in [5, 5.41) is 0. The number of esters is 1. The fourth-order valence-electron chi connectivity index (χ4n) is 5.58. The van der Waals surface area contributed by atoms with Crippen LogP contribution in [-0.2, 0) is 9.53 Å². The number of ether oxygens (including phenoxy) is 1. The van der Waals surface area contributed by atoms with Crippen LogP contribution in [0.1, 0.15) is 39.5 Å². The maximum Gasteiger partial charge on any atom is 0.310 e. The summed E-state index contributed by atoms with van der Waals surface area (Å²) in [6.07, 6.45) is 7.12. The molecule has 17 heavy (non-hydrogen) atoms. The molecule has 0 radical (unpaired) electrons. The Bertz CT molecular complexity index is 434. The van der Waals surface area contributed by atoms with Crippen LogP contribution < -0.4 is 0 Å². The van der Waals surface area contributed by atoms with Gasteiger partial charge in [0, 0.05) is 5.41 Å². The molecular formula is C15H20O2. The summed E-state index contributed by atoms with van der Waals surface area (Å²) < 4.78 is 5.38. The zero-order chi connectivity index (χ0) is 11.8. The first kappa shape index (κ1) is 10.2. The third-order valence-corrected chi connectivity index (χ3v) is 6.42. The highest BCUT2D eigenvalue weighted by molar-refractivity contribution is 5.77. The molecule has 0 aromatic heterocycles. The maximum absolute atomic E-state index is 12.1. The van der Waals surface area contributed by atoms with Gasteiger partial charge in [-0.25, -0.2) is 0 Å². The van der Waals surface area contributed by atoms with Crippen LogP contribution in [0.5, 0.6) is 0 Å². The van der Waals surface area contributed by atoms with Gasteiger partial charge in [-0.05, 0) is 48.5 Å². The van der Waals surface area contributed by atoms with E-state index in [-0.39, 0.29) is 17.3 Å². The number of cyclic esters (lactones) is 1. The highest BCUT2D eigenvalue weighted by Crippen LogP contribution is 2.72. The number of fused-ring (bicyclic) bond motifs is 1. The van der Waals surface area contributed by atoms with Crippen molar-refractivity contribution < 1.29 is 9.53 Å². The summed E-state index contributed by atoms with van der Waals surface area (Å²) >= 11 is 0. The number of allylic oxidation sites excluding steroid dienone is 1. The quantitative estimate of drug-likeness (QED) is 0.474. The standard InChI is InChI=1S/C15H20O2/c1-14(2)9-3-4-10-8-17-13(16)11-5-6-12(14)15(10,11)7-9/h4,9,11-12H,3,5-8H2,1-2H3. The third-order valence-electron chi connectivity index (χ3n) is 6.42. The molecule has 2 bridgehead atoms. The fraction of sp³-hybridized carbons (Fsp3) is 0.800. The fourth-order valence-corrected chi connectivity index (χ4v) is 5.58. The molecule has 1 spiro atoms. The molecule has 4 aliphatic rings. The summed E-state index contributed by atoms with van der Waals surface area (Å²) in [5.41, 5.74) is 2.08. The van der Waals surface area contributed by atoms with E-state index in [2.05, 4.69) is 19.9 Å². The average molecular weight is 232 g/mol. The first-order chi connectivity index (χ1) is 8.07. The summed E-state index contributed by atoms with van der Waals surface area (Å²) in [6.45, 7) is 5.43. The summed E-state index contributed by atoms with van der Waals surface area (Å²) in [5.74, 6) is 1.76. The van der Waals surface area contributed by atoms with E-state index in [1.165, 1.54) is 24.8 Å². The van der Waals surface area contributed by atoms with Crippen LogP contribution in [0.25, 0.3) is 0 Å². The van der Waals surface area contributed by atoms with Crippen LogP contribution in [0, 0.1) is 28.6 Å². The predicted molar refractivity (Wildman–Crippen MR) is 64.2 cm³/mol. The Hall–Kier alpha value is -0.790. The van der Waals surface area contributed by atoms with E-state index in [0.717, 1.165) is 12.3 Å². The highest BCUT2D eigenvalue weighted by Gasteiger charge is 2.68.